The van der Waals surface area contributed by atoms with Gasteiger partial charge < -0.3 is 5.73 Å². The van der Waals surface area contributed by atoms with E-state index in [4.69, 9.17) is 17.3 Å². The van der Waals surface area contributed by atoms with Crippen LogP contribution in [0, 0.1) is 5.82 Å². The second-order valence-corrected chi connectivity index (χ2v) is 5.97. The van der Waals surface area contributed by atoms with Gasteiger partial charge in [-0.2, -0.15) is 0 Å². The van der Waals surface area contributed by atoms with Crippen LogP contribution in [0.15, 0.2) is 48.5 Å². The first-order valence-electron chi connectivity index (χ1n) is 7.57. The summed E-state index contributed by atoms with van der Waals surface area (Å²) >= 11 is 6.21. The van der Waals surface area contributed by atoms with Crippen LogP contribution in [0.5, 0.6) is 0 Å². The first-order valence-corrected chi connectivity index (χ1v) is 7.95. The summed E-state index contributed by atoms with van der Waals surface area (Å²) in [5.41, 5.74) is 8.81. The van der Waals surface area contributed by atoms with E-state index in [9.17, 15) is 4.39 Å². The van der Waals surface area contributed by atoms with Crippen molar-refractivity contribution >= 4 is 17.2 Å². The summed E-state index contributed by atoms with van der Waals surface area (Å²) < 4.78 is 16.3. The maximum atomic E-state index is 14.4. The minimum Gasteiger partial charge on any atom is -0.324 e. The summed E-state index contributed by atoms with van der Waals surface area (Å²) in [5.74, 6) is 1.16. The van der Waals surface area contributed by atoms with Crippen LogP contribution < -0.4 is 5.73 Å². The fourth-order valence-electron chi connectivity index (χ4n) is 3.05. The Bertz CT molecular complexity index is 961. The molecule has 6 heteroatoms. The Hall–Kier alpha value is -2.50. The van der Waals surface area contributed by atoms with Crippen LogP contribution in [0.25, 0.3) is 11.3 Å². The van der Waals surface area contributed by atoms with Crippen molar-refractivity contribution < 1.29 is 4.39 Å². The van der Waals surface area contributed by atoms with Crippen LogP contribution in [0.3, 0.4) is 0 Å². The number of benzene rings is 2. The minimum absolute atomic E-state index is 0.268. The Balaban J connectivity index is 2.01. The molecule has 0 saturated heterocycles. The average molecular weight is 341 g/mol. The van der Waals surface area contributed by atoms with Gasteiger partial charge in [0.2, 0.25) is 0 Å². The number of hydrogen-bond acceptors (Lipinski definition) is 3. The van der Waals surface area contributed by atoms with Gasteiger partial charge in [-0.1, -0.05) is 35.9 Å². The molecule has 24 heavy (non-hydrogen) atoms. The van der Waals surface area contributed by atoms with E-state index in [1.54, 1.807) is 18.2 Å². The zero-order chi connectivity index (χ0) is 16.7. The average Bonchev–Trinajstić information content (AvgIpc) is 2.93. The summed E-state index contributed by atoms with van der Waals surface area (Å²) in [5, 5.41) is 8.95. The molecule has 0 unspecified atom stereocenters. The molecule has 1 aliphatic rings. The lowest BCUT2D eigenvalue weighted by Crippen LogP contribution is -2.10. The number of nitrogens with two attached hydrogens (primary N) is 1. The fraction of sp³-hybridized carbons (Fsp3) is 0.111. The van der Waals surface area contributed by atoms with Crippen molar-refractivity contribution in [3.8, 4) is 5.69 Å². The molecule has 2 heterocycles. The smallest absolute Gasteiger partial charge is 0.151 e. The van der Waals surface area contributed by atoms with Gasteiger partial charge in [-0.3, -0.25) is 4.57 Å². The standard InChI is InChI=1S/C18H14ClFN4/c19-11-5-7-16-14(9-11)12(13-3-1-2-4-15(13)20)6-8-17-22-23-18(10-21)24(16)17/h1-7,9H,8,10,21H2. The van der Waals surface area contributed by atoms with E-state index in [-0.39, 0.29) is 12.4 Å². The number of rotatable bonds is 2. The van der Waals surface area contributed by atoms with E-state index >= 15 is 0 Å². The highest BCUT2D eigenvalue weighted by Gasteiger charge is 2.22. The van der Waals surface area contributed by atoms with Crippen molar-refractivity contribution in [3.05, 3.63) is 82.2 Å². The molecule has 0 fully saturated rings. The van der Waals surface area contributed by atoms with Gasteiger partial charge >= 0.3 is 0 Å². The van der Waals surface area contributed by atoms with E-state index in [0.29, 0.717) is 22.8 Å². The quantitative estimate of drug-likeness (QED) is 0.776. The molecule has 2 N–H and O–H groups in total. The summed E-state index contributed by atoms with van der Waals surface area (Å²) in [6.07, 6.45) is 2.49. The minimum atomic E-state index is -0.272. The molecule has 1 aliphatic heterocycles. The van der Waals surface area contributed by atoms with Gasteiger partial charge in [-0.05, 0) is 29.8 Å². The van der Waals surface area contributed by atoms with Crippen molar-refractivity contribution in [2.45, 2.75) is 13.0 Å². The van der Waals surface area contributed by atoms with Gasteiger partial charge in [0.15, 0.2) is 5.82 Å². The van der Waals surface area contributed by atoms with Crippen LogP contribution in [0.2, 0.25) is 5.02 Å². The van der Waals surface area contributed by atoms with Gasteiger partial charge in [-0.15, -0.1) is 10.2 Å². The number of aromatic nitrogens is 3. The molecule has 0 aliphatic carbocycles. The molecule has 0 atom stereocenters. The van der Waals surface area contributed by atoms with Gasteiger partial charge in [0, 0.05) is 22.6 Å². The van der Waals surface area contributed by atoms with E-state index in [0.717, 1.165) is 22.6 Å². The molecule has 0 spiro atoms. The van der Waals surface area contributed by atoms with Crippen LogP contribution >= 0.6 is 11.6 Å². The van der Waals surface area contributed by atoms with Gasteiger partial charge in [0.1, 0.15) is 11.6 Å². The molecule has 120 valence electrons. The molecule has 0 saturated carbocycles. The topological polar surface area (TPSA) is 56.7 Å². The first kappa shape index (κ1) is 15.1. The molecular weight excluding hydrogens is 327 g/mol. The number of hydrogen-bond donors (Lipinski definition) is 1. The molecule has 4 nitrogen and oxygen atoms in total. The van der Waals surface area contributed by atoms with Crippen molar-refractivity contribution in [1.29, 1.82) is 0 Å². The Morgan fingerprint density at radius 3 is 2.75 bits per heavy atom. The molecule has 0 bridgehead atoms. The number of fused-ring (bicyclic) bond motifs is 3. The van der Waals surface area contributed by atoms with E-state index < -0.39 is 0 Å². The van der Waals surface area contributed by atoms with Crippen LogP contribution in [0.1, 0.15) is 22.8 Å². The van der Waals surface area contributed by atoms with Gasteiger partial charge in [0.05, 0.1) is 12.2 Å². The summed E-state index contributed by atoms with van der Waals surface area (Å²) in [6, 6.07) is 12.2. The third-order valence-corrected chi connectivity index (χ3v) is 4.36. The zero-order valence-electron chi connectivity index (χ0n) is 12.7. The van der Waals surface area contributed by atoms with Crippen molar-refractivity contribution in [2.75, 3.05) is 0 Å². The largest absolute Gasteiger partial charge is 0.324 e. The molecule has 3 aromatic rings. The van der Waals surface area contributed by atoms with E-state index in [1.165, 1.54) is 6.07 Å². The third kappa shape index (κ3) is 2.33. The molecule has 4 rings (SSSR count). The third-order valence-electron chi connectivity index (χ3n) is 4.12. The fourth-order valence-corrected chi connectivity index (χ4v) is 3.23. The summed E-state index contributed by atoms with van der Waals surface area (Å²) in [7, 11) is 0. The van der Waals surface area contributed by atoms with Gasteiger partial charge in [-0.25, -0.2) is 4.39 Å². The summed E-state index contributed by atoms with van der Waals surface area (Å²) in [4.78, 5) is 0. The second kappa shape index (κ2) is 5.85. The highest BCUT2D eigenvalue weighted by Crippen LogP contribution is 2.35. The lowest BCUT2D eigenvalue weighted by molar-refractivity contribution is 0.624. The predicted octanol–water partition coefficient (Wildman–Crippen LogP) is 3.51. The SMILES string of the molecule is NCc1nnc2n1-c1ccc(Cl)cc1C(c1ccccc1F)=CC2. The Kier molecular flexibility index (Phi) is 3.67. The Morgan fingerprint density at radius 1 is 1.12 bits per heavy atom. The van der Waals surface area contributed by atoms with Crippen LogP contribution in [-0.4, -0.2) is 14.8 Å². The van der Waals surface area contributed by atoms with Crippen LogP contribution in [-0.2, 0) is 13.0 Å². The first-order chi connectivity index (χ1) is 11.7. The Labute approximate surface area is 143 Å². The predicted molar refractivity (Wildman–Crippen MR) is 91.4 cm³/mol. The molecule has 0 amide bonds. The Morgan fingerprint density at radius 2 is 1.96 bits per heavy atom. The lowest BCUT2D eigenvalue weighted by atomic mass is 9.95. The van der Waals surface area contributed by atoms with E-state index in [1.807, 2.05) is 28.8 Å². The molecule has 1 aromatic heterocycles. The van der Waals surface area contributed by atoms with E-state index in [2.05, 4.69) is 10.2 Å². The highest BCUT2D eigenvalue weighted by molar-refractivity contribution is 6.30. The molecule has 2 aromatic carbocycles. The number of allylic oxidation sites excluding steroid dienone is 1. The number of nitrogens with zero attached hydrogens (tertiary/aromatic N) is 3. The van der Waals surface area contributed by atoms with Crippen LogP contribution in [0.4, 0.5) is 4.39 Å². The molecular formula is C18H14ClFN4. The monoisotopic (exact) mass is 340 g/mol. The summed E-state index contributed by atoms with van der Waals surface area (Å²) in [6.45, 7) is 0.268. The van der Waals surface area contributed by atoms with Crippen molar-refractivity contribution in [2.24, 2.45) is 5.73 Å². The maximum Gasteiger partial charge on any atom is 0.151 e. The molecule has 0 radical (unpaired) electrons. The second-order valence-electron chi connectivity index (χ2n) is 5.54. The normalized spacial score (nSPS) is 13.0. The van der Waals surface area contributed by atoms with Gasteiger partial charge in [0.25, 0.3) is 0 Å². The lowest BCUT2D eigenvalue weighted by Gasteiger charge is -2.15. The highest BCUT2D eigenvalue weighted by atomic mass is 35.5. The maximum absolute atomic E-state index is 14.4. The zero-order valence-corrected chi connectivity index (χ0v) is 13.5. The number of halogens is 2. The van der Waals surface area contributed by atoms with Crippen molar-refractivity contribution in [3.63, 3.8) is 0 Å². The van der Waals surface area contributed by atoms with Crippen molar-refractivity contribution in [1.82, 2.24) is 14.8 Å².